The van der Waals surface area contributed by atoms with E-state index in [1.54, 1.807) is 14.2 Å². The second-order valence-electron chi connectivity index (χ2n) is 7.45. The van der Waals surface area contributed by atoms with Crippen molar-refractivity contribution in [3.63, 3.8) is 0 Å². The summed E-state index contributed by atoms with van der Waals surface area (Å²) in [5.74, 6) is 2.24. The molecule has 1 N–H and O–H groups in total. The molecule has 7 nitrogen and oxygen atoms in total. The molecule has 3 aliphatic heterocycles. The van der Waals surface area contributed by atoms with Crippen molar-refractivity contribution in [3.05, 3.63) is 59.5 Å². The van der Waals surface area contributed by atoms with Crippen LogP contribution in [-0.4, -0.2) is 56.5 Å². The fraction of sp³-hybridized carbons (Fsp3) is 0.391. The van der Waals surface area contributed by atoms with Gasteiger partial charge in [0.05, 0.1) is 19.4 Å². The average Bonchev–Trinajstić information content (AvgIpc) is 2.79. The molecular formula is C23H27N3O4. The summed E-state index contributed by atoms with van der Waals surface area (Å²) in [6.07, 6.45) is 10.6. The molecule has 7 heteroatoms. The van der Waals surface area contributed by atoms with Gasteiger partial charge in [0, 0.05) is 24.4 Å². The number of ether oxygens (including phenoxy) is 3. The van der Waals surface area contributed by atoms with Gasteiger partial charge in [-0.25, -0.2) is 4.99 Å². The molecule has 1 aromatic rings. The number of amidine groups is 1. The van der Waals surface area contributed by atoms with E-state index in [2.05, 4.69) is 5.32 Å². The van der Waals surface area contributed by atoms with E-state index in [1.165, 1.54) is 0 Å². The number of hydrogen-bond acceptors (Lipinski definition) is 7. The molecule has 0 radical (unpaired) electrons. The van der Waals surface area contributed by atoms with Gasteiger partial charge in [0.2, 0.25) is 0 Å². The first-order chi connectivity index (χ1) is 14.7. The zero-order valence-electron chi connectivity index (χ0n) is 17.3. The smallest absolute Gasteiger partial charge is 0.146 e. The van der Waals surface area contributed by atoms with Crippen molar-refractivity contribution in [2.75, 3.05) is 27.3 Å². The highest BCUT2D eigenvalue weighted by molar-refractivity contribution is 6.02. The maximum absolute atomic E-state index is 11.9. The van der Waals surface area contributed by atoms with Crippen LogP contribution in [0.25, 0.3) is 5.70 Å². The van der Waals surface area contributed by atoms with E-state index in [0.29, 0.717) is 12.4 Å². The van der Waals surface area contributed by atoms with E-state index in [4.69, 9.17) is 19.2 Å². The van der Waals surface area contributed by atoms with Gasteiger partial charge in [-0.05, 0) is 62.4 Å². The highest BCUT2D eigenvalue weighted by Crippen LogP contribution is 2.30. The maximum Gasteiger partial charge on any atom is 0.146 e. The number of piperidine rings is 1. The van der Waals surface area contributed by atoms with Gasteiger partial charge in [0.15, 0.2) is 0 Å². The van der Waals surface area contributed by atoms with Crippen LogP contribution in [0, 0.1) is 0 Å². The van der Waals surface area contributed by atoms with E-state index < -0.39 is 6.04 Å². The lowest BCUT2D eigenvalue weighted by atomic mass is 10.0. The largest absolute Gasteiger partial charge is 0.496 e. The van der Waals surface area contributed by atoms with Crippen molar-refractivity contribution in [3.8, 4) is 5.75 Å². The van der Waals surface area contributed by atoms with Crippen LogP contribution in [0.3, 0.4) is 0 Å². The molecule has 30 heavy (non-hydrogen) atoms. The quantitative estimate of drug-likeness (QED) is 0.698. The van der Waals surface area contributed by atoms with Gasteiger partial charge in [-0.3, -0.25) is 0 Å². The van der Waals surface area contributed by atoms with Crippen molar-refractivity contribution < 1.29 is 19.0 Å². The summed E-state index contributed by atoms with van der Waals surface area (Å²) in [4.78, 5) is 18.5. The third kappa shape index (κ3) is 4.32. The number of nitrogens with one attached hydrogen (secondary N) is 1. The van der Waals surface area contributed by atoms with E-state index in [9.17, 15) is 4.79 Å². The lowest BCUT2D eigenvalue weighted by molar-refractivity contribution is -0.109. The van der Waals surface area contributed by atoms with Crippen LogP contribution in [-0.2, 0) is 20.9 Å². The Kier molecular flexibility index (Phi) is 6.30. The van der Waals surface area contributed by atoms with Crippen molar-refractivity contribution in [2.45, 2.75) is 31.6 Å². The molecular weight excluding hydrogens is 382 g/mol. The molecule has 1 aromatic carbocycles. The van der Waals surface area contributed by atoms with Crippen LogP contribution in [0.1, 0.15) is 24.0 Å². The fourth-order valence-corrected chi connectivity index (χ4v) is 3.87. The molecule has 3 heterocycles. The Morgan fingerprint density at radius 2 is 2.07 bits per heavy atom. The lowest BCUT2D eigenvalue weighted by Crippen LogP contribution is -2.39. The van der Waals surface area contributed by atoms with Gasteiger partial charge >= 0.3 is 0 Å². The summed E-state index contributed by atoms with van der Waals surface area (Å²) < 4.78 is 16.8. The lowest BCUT2D eigenvalue weighted by Gasteiger charge is -2.33. The molecule has 1 saturated heterocycles. The number of nitrogens with zero attached hydrogens (tertiary/aromatic N) is 2. The average molecular weight is 409 g/mol. The Labute approximate surface area is 176 Å². The Hall–Kier alpha value is -2.90. The Balaban J connectivity index is 1.57. The van der Waals surface area contributed by atoms with Gasteiger partial charge < -0.3 is 29.2 Å². The summed E-state index contributed by atoms with van der Waals surface area (Å²) in [7, 11) is 3.28. The second-order valence-corrected chi connectivity index (χ2v) is 7.45. The summed E-state index contributed by atoms with van der Waals surface area (Å²) in [6.45, 7) is 2.37. The van der Waals surface area contributed by atoms with Gasteiger partial charge in [-0.15, -0.1) is 0 Å². The van der Waals surface area contributed by atoms with E-state index in [0.717, 1.165) is 60.5 Å². The molecule has 0 bridgehead atoms. The van der Waals surface area contributed by atoms with Crippen molar-refractivity contribution in [2.24, 2.45) is 4.99 Å². The van der Waals surface area contributed by atoms with Gasteiger partial charge in [0.25, 0.3) is 0 Å². The van der Waals surface area contributed by atoms with Crippen molar-refractivity contribution in [1.29, 1.82) is 0 Å². The predicted molar refractivity (Wildman–Crippen MR) is 115 cm³/mol. The molecule has 3 aliphatic rings. The summed E-state index contributed by atoms with van der Waals surface area (Å²) in [5, 5.41) is 3.34. The number of carbonyl (C=O) groups is 1. The molecule has 1 unspecified atom stereocenters. The number of carbonyl (C=O) groups excluding carboxylic acids is 1. The Bertz CT molecular complexity index is 913. The van der Waals surface area contributed by atoms with E-state index in [-0.39, 0.29) is 6.10 Å². The minimum Gasteiger partial charge on any atom is -0.496 e. The standard InChI is InChI=1S/C23H27N3O4/c1-28-15-17-11-16(3-5-22(17)29-2)21-12-18(14-27)26-13-20(4-6-23(26)25-21)30-19-7-9-24-10-8-19/h3-6,11-14,18-19,24H,7-10,15H2,1-2H3. The SMILES string of the molecule is COCc1cc(C2=CC(C=O)N3C=C(OC4CCNCC4)C=CC3=N2)ccc1OC. The molecule has 0 aliphatic carbocycles. The molecule has 0 aromatic heterocycles. The van der Waals surface area contributed by atoms with Crippen LogP contribution < -0.4 is 10.1 Å². The van der Waals surface area contributed by atoms with E-state index in [1.807, 2.05) is 47.5 Å². The van der Waals surface area contributed by atoms with Crippen molar-refractivity contribution >= 4 is 17.8 Å². The Morgan fingerprint density at radius 1 is 1.23 bits per heavy atom. The zero-order chi connectivity index (χ0) is 20.9. The number of methoxy groups -OCH3 is 2. The third-order valence-corrected chi connectivity index (χ3v) is 5.42. The summed E-state index contributed by atoms with van der Waals surface area (Å²) in [5.41, 5.74) is 2.59. The number of allylic oxidation sites excluding steroid dienone is 1. The van der Waals surface area contributed by atoms with Crippen LogP contribution in [0.4, 0.5) is 0 Å². The fourth-order valence-electron chi connectivity index (χ4n) is 3.87. The Morgan fingerprint density at radius 3 is 2.80 bits per heavy atom. The van der Waals surface area contributed by atoms with Crippen LogP contribution in [0.2, 0.25) is 0 Å². The molecule has 4 rings (SSSR count). The minimum atomic E-state index is -0.447. The third-order valence-electron chi connectivity index (χ3n) is 5.42. The number of aldehydes is 1. The molecule has 0 amide bonds. The van der Waals surface area contributed by atoms with E-state index >= 15 is 0 Å². The summed E-state index contributed by atoms with van der Waals surface area (Å²) in [6, 6.07) is 5.38. The van der Waals surface area contributed by atoms with Gasteiger partial charge in [-0.2, -0.15) is 0 Å². The van der Waals surface area contributed by atoms with Gasteiger partial charge in [-0.1, -0.05) is 0 Å². The van der Waals surface area contributed by atoms with Crippen LogP contribution in [0.15, 0.2) is 53.4 Å². The zero-order valence-corrected chi connectivity index (χ0v) is 17.3. The first-order valence-corrected chi connectivity index (χ1v) is 10.2. The second kappa shape index (κ2) is 9.28. The van der Waals surface area contributed by atoms with Crippen LogP contribution in [0.5, 0.6) is 5.75 Å². The highest BCUT2D eigenvalue weighted by Gasteiger charge is 2.27. The predicted octanol–water partition coefficient (Wildman–Crippen LogP) is 2.64. The molecule has 0 spiro atoms. The molecule has 1 fully saturated rings. The van der Waals surface area contributed by atoms with Crippen molar-refractivity contribution in [1.82, 2.24) is 10.2 Å². The number of hydrogen-bond donors (Lipinski definition) is 1. The molecule has 158 valence electrons. The number of rotatable bonds is 7. The number of benzene rings is 1. The molecule has 1 atom stereocenters. The highest BCUT2D eigenvalue weighted by atomic mass is 16.5. The monoisotopic (exact) mass is 409 g/mol. The molecule has 0 saturated carbocycles. The maximum atomic E-state index is 11.9. The topological polar surface area (TPSA) is 72.4 Å². The first-order valence-electron chi connectivity index (χ1n) is 10.2. The van der Waals surface area contributed by atoms with Gasteiger partial charge in [0.1, 0.15) is 35.8 Å². The number of aliphatic imine (C=N–C) groups is 1. The first kappa shape index (κ1) is 20.4. The number of fused-ring (bicyclic) bond motifs is 1. The normalized spacial score (nSPS) is 21.3. The summed E-state index contributed by atoms with van der Waals surface area (Å²) >= 11 is 0. The van der Waals surface area contributed by atoms with Crippen LogP contribution >= 0.6 is 0 Å². The minimum absolute atomic E-state index is 0.199.